The summed E-state index contributed by atoms with van der Waals surface area (Å²) in [6.45, 7) is 4.61. The van der Waals surface area contributed by atoms with Crippen LogP contribution in [0.4, 0.5) is 11.4 Å². The average molecular weight is 771 g/mol. The van der Waals surface area contributed by atoms with Crippen molar-refractivity contribution in [1.29, 1.82) is 0 Å². The Bertz CT molecular complexity index is 1480. The quantitative estimate of drug-likeness (QED) is 0.0384. The van der Waals surface area contributed by atoms with Crippen LogP contribution in [0.1, 0.15) is 206 Å². The van der Waals surface area contributed by atoms with Crippen LogP contribution in [0, 0.1) is 0 Å². The minimum Gasteiger partial charge on any atom is -0.399 e. The van der Waals surface area contributed by atoms with E-state index >= 15 is 0 Å². The summed E-state index contributed by atoms with van der Waals surface area (Å²) >= 11 is 0. The minimum absolute atomic E-state index is 0.843. The third-order valence-corrected chi connectivity index (χ3v) is 12.3. The Labute approximate surface area is 351 Å². The molecule has 0 unspecified atom stereocenters. The second-order valence-electron chi connectivity index (χ2n) is 17.5. The standard InChI is InChI=1S/C55H82N2/c1-3-5-22-28-52-44-48(42-46-32-38-54(56)39-33-46)30-36-50(52)26-24-20-18-16-14-12-10-8-7-9-11-13-15-17-19-21-25-27-51-37-31-49(45-53(51)29-23-6-4-2)43-47-34-40-55(57)41-35-47/h30-41,44-45H,3-29,42-43,56-57H2,1-2H3. The molecule has 0 bridgehead atoms. The highest BCUT2D eigenvalue weighted by atomic mass is 14.5. The van der Waals surface area contributed by atoms with Crippen molar-refractivity contribution in [2.24, 2.45) is 0 Å². The van der Waals surface area contributed by atoms with Crippen LogP contribution in [0.3, 0.4) is 0 Å². The molecule has 0 aliphatic heterocycles. The van der Waals surface area contributed by atoms with Gasteiger partial charge in [-0.15, -0.1) is 0 Å². The number of aryl methyl sites for hydroxylation is 4. The van der Waals surface area contributed by atoms with Crippen molar-refractivity contribution in [1.82, 2.24) is 0 Å². The van der Waals surface area contributed by atoms with Crippen LogP contribution in [0.15, 0.2) is 84.9 Å². The molecule has 2 nitrogen and oxygen atoms in total. The molecular formula is C55H82N2. The first-order valence-corrected chi connectivity index (χ1v) is 23.9. The van der Waals surface area contributed by atoms with Gasteiger partial charge in [-0.2, -0.15) is 0 Å². The maximum atomic E-state index is 5.90. The van der Waals surface area contributed by atoms with Crippen molar-refractivity contribution >= 4 is 11.4 Å². The van der Waals surface area contributed by atoms with E-state index in [1.54, 1.807) is 22.3 Å². The number of nitrogens with two attached hydrogens (primary N) is 2. The van der Waals surface area contributed by atoms with Gasteiger partial charge in [0, 0.05) is 11.4 Å². The van der Waals surface area contributed by atoms with E-state index in [0.29, 0.717) is 0 Å². The number of nitrogen functional groups attached to an aromatic ring is 2. The summed E-state index contributed by atoms with van der Waals surface area (Å²) in [5.74, 6) is 0. The highest BCUT2D eigenvalue weighted by Gasteiger charge is 2.08. The first kappa shape index (κ1) is 46.2. The Hall–Kier alpha value is -3.52. The van der Waals surface area contributed by atoms with E-state index < -0.39 is 0 Å². The molecule has 0 spiro atoms. The molecule has 4 aromatic rings. The zero-order valence-corrected chi connectivity index (χ0v) is 36.7. The third kappa shape index (κ3) is 19.7. The molecule has 0 aliphatic carbocycles. The van der Waals surface area contributed by atoms with Crippen molar-refractivity contribution in [2.45, 2.75) is 200 Å². The molecular weight excluding hydrogens is 689 g/mol. The number of hydrogen-bond acceptors (Lipinski definition) is 2. The molecule has 2 heteroatoms. The predicted molar refractivity (Wildman–Crippen MR) is 253 cm³/mol. The van der Waals surface area contributed by atoms with Gasteiger partial charge in [0.15, 0.2) is 0 Å². The lowest BCUT2D eigenvalue weighted by molar-refractivity contribution is 0.525. The highest BCUT2D eigenvalue weighted by Crippen LogP contribution is 2.23. The molecule has 0 aliphatic rings. The molecule has 0 saturated carbocycles. The monoisotopic (exact) mass is 771 g/mol. The molecule has 0 atom stereocenters. The summed E-state index contributed by atoms with van der Waals surface area (Å²) in [4.78, 5) is 0. The van der Waals surface area contributed by atoms with E-state index in [2.05, 4.69) is 74.5 Å². The second-order valence-corrected chi connectivity index (χ2v) is 17.5. The van der Waals surface area contributed by atoms with E-state index in [1.165, 1.54) is 196 Å². The lowest BCUT2D eigenvalue weighted by atomic mass is 9.93. The topological polar surface area (TPSA) is 52.0 Å². The third-order valence-electron chi connectivity index (χ3n) is 12.3. The Morgan fingerprint density at radius 2 is 0.544 bits per heavy atom. The summed E-state index contributed by atoms with van der Waals surface area (Å²) in [5, 5.41) is 0. The van der Waals surface area contributed by atoms with Crippen molar-refractivity contribution in [3.63, 3.8) is 0 Å². The molecule has 4 N–H and O–H groups in total. The number of benzene rings is 4. The van der Waals surface area contributed by atoms with Gasteiger partial charge < -0.3 is 11.5 Å². The van der Waals surface area contributed by atoms with E-state index in [4.69, 9.17) is 11.5 Å². The van der Waals surface area contributed by atoms with Gasteiger partial charge in [0.05, 0.1) is 0 Å². The fourth-order valence-corrected chi connectivity index (χ4v) is 8.69. The summed E-state index contributed by atoms with van der Waals surface area (Å²) in [6.07, 6.45) is 38.8. The van der Waals surface area contributed by atoms with Crippen molar-refractivity contribution in [2.75, 3.05) is 11.5 Å². The van der Waals surface area contributed by atoms with Gasteiger partial charge in [-0.05, 0) is 133 Å². The van der Waals surface area contributed by atoms with Crippen LogP contribution in [0.2, 0.25) is 0 Å². The summed E-state index contributed by atoms with van der Waals surface area (Å²) in [7, 11) is 0. The summed E-state index contributed by atoms with van der Waals surface area (Å²) in [5.41, 5.74) is 25.4. The molecule has 0 fully saturated rings. The van der Waals surface area contributed by atoms with Crippen LogP contribution in [0.5, 0.6) is 0 Å². The Morgan fingerprint density at radius 1 is 0.281 bits per heavy atom. The first-order chi connectivity index (χ1) is 28.0. The molecule has 0 aromatic heterocycles. The van der Waals surface area contributed by atoms with Gasteiger partial charge >= 0.3 is 0 Å². The molecule has 312 valence electrons. The van der Waals surface area contributed by atoms with Gasteiger partial charge in [0.2, 0.25) is 0 Å². The Kier molecular flexibility index (Phi) is 23.3. The van der Waals surface area contributed by atoms with E-state index in [1.807, 2.05) is 24.3 Å². The number of hydrogen-bond donors (Lipinski definition) is 2. The van der Waals surface area contributed by atoms with Crippen molar-refractivity contribution < 1.29 is 0 Å². The maximum Gasteiger partial charge on any atom is 0.0314 e. The van der Waals surface area contributed by atoms with Gasteiger partial charge in [-0.3, -0.25) is 0 Å². The maximum absolute atomic E-state index is 5.90. The van der Waals surface area contributed by atoms with Crippen molar-refractivity contribution in [3.8, 4) is 0 Å². The van der Waals surface area contributed by atoms with E-state index in [-0.39, 0.29) is 0 Å². The van der Waals surface area contributed by atoms with Crippen LogP contribution in [0.25, 0.3) is 0 Å². The number of unbranched alkanes of at least 4 members (excludes halogenated alkanes) is 20. The normalized spacial score (nSPS) is 11.4. The first-order valence-electron chi connectivity index (χ1n) is 23.9. The minimum atomic E-state index is 0.843. The van der Waals surface area contributed by atoms with Gasteiger partial charge in [0.25, 0.3) is 0 Å². The van der Waals surface area contributed by atoms with Gasteiger partial charge in [-0.25, -0.2) is 0 Å². The molecule has 0 radical (unpaired) electrons. The lowest BCUT2D eigenvalue weighted by Gasteiger charge is -2.13. The Morgan fingerprint density at radius 3 is 0.860 bits per heavy atom. The Balaban J connectivity index is 0.968. The molecule has 0 amide bonds. The largest absolute Gasteiger partial charge is 0.399 e. The van der Waals surface area contributed by atoms with Crippen LogP contribution in [-0.2, 0) is 38.5 Å². The predicted octanol–water partition coefficient (Wildman–Crippen LogP) is 15.9. The molecule has 4 rings (SSSR count). The molecule has 0 heterocycles. The molecule has 57 heavy (non-hydrogen) atoms. The zero-order chi connectivity index (χ0) is 40.2. The van der Waals surface area contributed by atoms with Crippen LogP contribution >= 0.6 is 0 Å². The second kappa shape index (κ2) is 28.8. The van der Waals surface area contributed by atoms with Gasteiger partial charge in [-0.1, -0.05) is 197 Å². The number of rotatable bonds is 32. The number of anilines is 2. The van der Waals surface area contributed by atoms with Gasteiger partial charge in [0.1, 0.15) is 0 Å². The zero-order valence-electron chi connectivity index (χ0n) is 36.7. The lowest BCUT2D eigenvalue weighted by Crippen LogP contribution is -1.99. The smallest absolute Gasteiger partial charge is 0.0314 e. The molecule has 0 saturated heterocycles. The summed E-state index contributed by atoms with van der Waals surface area (Å²) < 4.78 is 0. The fraction of sp³-hybridized carbons (Fsp3) is 0.564. The van der Waals surface area contributed by atoms with Crippen molar-refractivity contribution in [3.05, 3.63) is 129 Å². The van der Waals surface area contributed by atoms with E-state index in [9.17, 15) is 0 Å². The summed E-state index contributed by atoms with van der Waals surface area (Å²) in [6, 6.07) is 31.4. The molecule has 4 aromatic carbocycles. The van der Waals surface area contributed by atoms with Crippen LogP contribution < -0.4 is 11.5 Å². The fourth-order valence-electron chi connectivity index (χ4n) is 8.69. The van der Waals surface area contributed by atoms with E-state index in [0.717, 1.165) is 24.2 Å². The SMILES string of the molecule is CCCCCc1cc(Cc2ccc(N)cc2)ccc1CCCCCCCCCCCCCCCCCCCc1ccc(Cc2ccc(N)cc2)cc1CCCCC. The van der Waals surface area contributed by atoms with Crippen LogP contribution in [-0.4, -0.2) is 0 Å². The highest BCUT2D eigenvalue weighted by molar-refractivity contribution is 5.43. The average Bonchev–Trinajstić information content (AvgIpc) is 3.22.